The first-order chi connectivity index (χ1) is 9.22. The summed E-state index contributed by atoms with van der Waals surface area (Å²) in [7, 11) is 0. The van der Waals surface area contributed by atoms with Crippen LogP contribution in [0, 0.1) is 6.92 Å². The maximum atomic E-state index is 6.16. The molecule has 3 nitrogen and oxygen atoms in total. The molecule has 100 valence electrons. The van der Waals surface area contributed by atoms with Crippen molar-refractivity contribution in [1.29, 1.82) is 0 Å². The maximum absolute atomic E-state index is 6.16. The number of thiazole rings is 1. The van der Waals surface area contributed by atoms with Gasteiger partial charge in [0.1, 0.15) is 17.4 Å². The fourth-order valence-corrected chi connectivity index (χ4v) is 3.20. The van der Waals surface area contributed by atoms with E-state index in [1.807, 2.05) is 18.4 Å². The highest BCUT2D eigenvalue weighted by Gasteiger charge is 2.17. The molecule has 4 heteroatoms. The molecular formula is C15H18N2OS. The summed E-state index contributed by atoms with van der Waals surface area (Å²) in [6.07, 6.45) is 3.39. The molecule has 0 radical (unpaired) electrons. The molecule has 0 saturated heterocycles. The molecule has 1 heterocycles. The maximum Gasteiger partial charge on any atom is 0.140 e. The Kier molecular flexibility index (Phi) is 3.53. The topological polar surface area (TPSA) is 48.1 Å². The van der Waals surface area contributed by atoms with E-state index in [9.17, 15) is 0 Å². The van der Waals surface area contributed by atoms with E-state index >= 15 is 0 Å². The normalized spacial score (nSPS) is 18.1. The number of nitrogens with two attached hydrogens (primary N) is 1. The van der Waals surface area contributed by atoms with E-state index in [4.69, 9.17) is 10.5 Å². The molecule has 1 aliphatic carbocycles. The molecule has 2 N–H and O–H groups in total. The average Bonchev–Trinajstić information content (AvgIpc) is 2.83. The van der Waals surface area contributed by atoms with Crippen molar-refractivity contribution in [3.8, 4) is 5.75 Å². The molecule has 1 aliphatic rings. The molecule has 0 unspecified atom stereocenters. The molecule has 1 atom stereocenters. The van der Waals surface area contributed by atoms with E-state index in [0.29, 0.717) is 6.61 Å². The Labute approximate surface area is 117 Å². The Balaban J connectivity index is 1.73. The van der Waals surface area contributed by atoms with Gasteiger partial charge in [-0.2, -0.15) is 0 Å². The lowest BCUT2D eigenvalue weighted by molar-refractivity contribution is 0.304. The third-order valence-electron chi connectivity index (χ3n) is 3.51. The van der Waals surface area contributed by atoms with Crippen LogP contribution in [0.3, 0.4) is 0 Å². The van der Waals surface area contributed by atoms with Crippen molar-refractivity contribution < 1.29 is 4.74 Å². The number of nitrogens with zero attached hydrogens (tertiary/aromatic N) is 1. The zero-order valence-corrected chi connectivity index (χ0v) is 11.9. The van der Waals surface area contributed by atoms with Gasteiger partial charge in [-0.25, -0.2) is 4.98 Å². The number of hydrogen-bond acceptors (Lipinski definition) is 4. The van der Waals surface area contributed by atoms with Gasteiger partial charge in [-0.3, -0.25) is 0 Å². The Hall–Kier alpha value is -1.39. The van der Waals surface area contributed by atoms with Crippen molar-refractivity contribution in [2.45, 2.75) is 38.8 Å². The van der Waals surface area contributed by atoms with Crippen LogP contribution in [0.2, 0.25) is 0 Å². The van der Waals surface area contributed by atoms with Crippen molar-refractivity contribution >= 4 is 11.3 Å². The number of rotatable bonds is 3. The summed E-state index contributed by atoms with van der Waals surface area (Å²) < 4.78 is 5.81. The Morgan fingerprint density at radius 1 is 1.47 bits per heavy atom. The zero-order chi connectivity index (χ0) is 13.2. The molecule has 3 rings (SSSR count). The second kappa shape index (κ2) is 5.31. The van der Waals surface area contributed by atoms with Crippen molar-refractivity contribution in [3.05, 3.63) is 45.4 Å². The molecule has 0 bridgehead atoms. The predicted molar refractivity (Wildman–Crippen MR) is 77.5 cm³/mol. The molecule has 2 aromatic rings. The largest absolute Gasteiger partial charge is 0.486 e. The Morgan fingerprint density at radius 3 is 3.16 bits per heavy atom. The van der Waals surface area contributed by atoms with Crippen molar-refractivity contribution in [2.24, 2.45) is 5.73 Å². The quantitative estimate of drug-likeness (QED) is 0.933. The van der Waals surface area contributed by atoms with Crippen LogP contribution in [0.5, 0.6) is 5.75 Å². The summed E-state index contributed by atoms with van der Waals surface area (Å²) in [5.41, 5.74) is 9.83. The van der Waals surface area contributed by atoms with Gasteiger partial charge < -0.3 is 10.5 Å². The molecule has 1 aromatic heterocycles. The fourth-order valence-electron chi connectivity index (χ4n) is 2.52. The highest BCUT2D eigenvalue weighted by atomic mass is 32.1. The van der Waals surface area contributed by atoms with E-state index < -0.39 is 0 Å². The van der Waals surface area contributed by atoms with Crippen LogP contribution in [0.4, 0.5) is 0 Å². The third-order valence-corrected chi connectivity index (χ3v) is 4.45. The summed E-state index contributed by atoms with van der Waals surface area (Å²) in [5.74, 6) is 0.893. The van der Waals surface area contributed by atoms with E-state index in [-0.39, 0.29) is 6.04 Å². The van der Waals surface area contributed by atoms with Gasteiger partial charge in [-0.05, 0) is 49.4 Å². The Bertz CT molecular complexity index is 579. The van der Waals surface area contributed by atoms with Crippen molar-refractivity contribution in [1.82, 2.24) is 4.98 Å². The van der Waals surface area contributed by atoms with Crippen LogP contribution in [0.15, 0.2) is 23.6 Å². The van der Waals surface area contributed by atoms with Gasteiger partial charge in [0.2, 0.25) is 0 Å². The number of benzene rings is 1. The van der Waals surface area contributed by atoms with E-state index in [2.05, 4.69) is 17.1 Å². The first-order valence-electron chi connectivity index (χ1n) is 6.64. The smallest absolute Gasteiger partial charge is 0.140 e. The van der Waals surface area contributed by atoms with E-state index in [1.54, 1.807) is 11.3 Å². The van der Waals surface area contributed by atoms with Crippen LogP contribution >= 0.6 is 11.3 Å². The summed E-state index contributed by atoms with van der Waals surface area (Å²) in [4.78, 5) is 4.40. The lowest BCUT2D eigenvalue weighted by Crippen LogP contribution is -2.17. The lowest BCUT2D eigenvalue weighted by Gasteiger charge is -2.22. The van der Waals surface area contributed by atoms with Crippen LogP contribution in [0.25, 0.3) is 0 Å². The number of hydrogen-bond donors (Lipinski definition) is 1. The summed E-state index contributed by atoms with van der Waals surface area (Å²) >= 11 is 1.64. The summed E-state index contributed by atoms with van der Waals surface area (Å²) in [6, 6.07) is 6.45. The van der Waals surface area contributed by atoms with Gasteiger partial charge >= 0.3 is 0 Å². The SMILES string of the molecule is Cc1csc(COc2ccc3c(c2)[C@@H](N)CCC3)n1. The highest BCUT2D eigenvalue weighted by molar-refractivity contribution is 7.09. The second-order valence-electron chi connectivity index (χ2n) is 5.03. The van der Waals surface area contributed by atoms with Gasteiger partial charge in [0.25, 0.3) is 0 Å². The minimum Gasteiger partial charge on any atom is -0.486 e. The molecule has 0 saturated carbocycles. The average molecular weight is 274 g/mol. The molecule has 0 amide bonds. The van der Waals surface area contributed by atoms with Gasteiger partial charge in [0.05, 0.1) is 0 Å². The molecule has 0 fully saturated rings. The summed E-state index contributed by atoms with van der Waals surface area (Å²) in [6.45, 7) is 2.53. The zero-order valence-electron chi connectivity index (χ0n) is 11.1. The number of aromatic nitrogens is 1. The highest BCUT2D eigenvalue weighted by Crippen LogP contribution is 2.31. The monoisotopic (exact) mass is 274 g/mol. The second-order valence-corrected chi connectivity index (χ2v) is 5.97. The molecular weight excluding hydrogens is 256 g/mol. The first kappa shape index (κ1) is 12.6. The molecule has 0 aliphatic heterocycles. The number of ether oxygens (including phenoxy) is 1. The summed E-state index contributed by atoms with van der Waals surface area (Å²) in [5, 5.41) is 3.06. The van der Waals surface area contributed by atoms with E-state index in [1.165, 1.54) is 17.5 Å². The molecule has 19 heavy (non-hydrogen) atoms. The van der Waals surface area contributed by atoms with Gasteiger partial charge in [-0.1, -0.05) is 6.07 Å². The van der Waals surface area contributed by atoms with Gasteiger partial charge in [0.15, 0.2) is 0 Å². The van der Waals surface area contributed by atoms with Crippen molar-refractivity contribution in [2.75, 3.05) is 0 Å². The standard InChI is InChI=1S/C15H18N2OS/c1-10-9-19-15(17-10)8-18-12-6-5-11-3-2-4-14(16)13(11)7-12/h5-7,9,14H,2-4,8,16H2,1H3/t14-/m0/s1. The molecule has 0 spiro atoms. The van der Waals surface area contributed by atoms with Crippen LogP contribution in [-0.2, 0) is 13.0 Å². The first-order valence-corrected chi connectivity index (χ1v) is 7.52. The third kappa shape index (κ3) is 2.80. The number of aryl methyl sites for hydroxylation is 2. The molecule has 1 aromatic carbocycles. The van der Waals surface area contributed by atoms with E-state index in [0.717, 1.165) is 29.3 Å². The van der Waals surface area contributed by atoms with Crippen LogP contribution in [-0.4, -0.2) is 4.98 Å². The minimum atomic E-state index is 0.161. The minimum absolute atomic E-state index is 0.161. The van der Waals surface area contributed by atoms with Gasteiger partial charge in [0, 0.05) is 17.1 Å². The fraction of sp³-hybridized carbons (Fsp3) is 0.400. The Morgan fingerprint density at radius 2 is 2.37 bits per heavy atom. The van der Waals surface area contributed by atoms with Crippen molar-refractivity contribution in [3.63, 3.8) is 0 Å². The van der Waals surface area contributed by atoms with Crippen LogP contribution in [0.1, 0.15) is 40.7 Å². The van der Waals surface area contributed by atoms with Gasteiger partial charge in [-0.15, -0.1) is 11.3 Å². The predicted octanol–water partition coefficient (Wildman–Crippen LogP) is 3.37. The lowest BCUT2D eigenvalue weighted by atomic mass is 9.88. The van der Waals surface area contributed by atoms with Crippen LogP contribution < -0.4 is 10.5 Å². The number of fused-ring (bicyclic) bond motifs is 1.